The predicted molar refractivity (Wildman–Crippen MR) is 109 cm³/mol. The van der Waals surface area contributed by atoms with Crippen molar-refractivity contribution in [3.63, 3.8) is 0 Å². The molecule has 0 aromatic heterocycles. The molecular weight excluding hydrogens is 326 g/mol. The number of rotatable bonds is 7. The van der Waals surface area contributed by atoms with E-state index in [9.17, 15) is 0 Å². The van der Waals surface area contributed by atoms with E-state index in [1.165, 1.54) is 5.56 Å². The largest absolute Gasteiger partial charge is 0.494 e. The first-order valence-electron chi connectivity index (χ1n) is 9.66. The summed E-state index contributed by atoms with van der Waals surface area (Å²) < 4.78 is 5.77. The molecule has 1 saturated heterocycles. The lowest BCUT2D eigenvalue weighted by Crippen LogP contribution is -2.55. The quantitative estimate of drug-likeness (QED) is 0.572. The molecular formula is C20H35N5O. The zero-order valence-electron chi connectivity index (χ0n) is 17.0. The van der Waals surface area contributed by atoms with Gasteiger partial charge in [0.25, 0.3) is 0 Å². The van der Waals surface area contributed by atoms with Gasteiger partial charge in [0.2, 0.25) is 0 Å². The third-order valence-corrected chi connectivity index (χ3v) is 4.76. The Balaban J connectivity index is 2.00. The van der Waals surface area contributed by atoms with E-state index < -0.39 is 0 Å². The Morgan fingerprint density at radius 2 is 2.04 bits per heavy atom. The Morgan fingerprint density at radius 1 is 1.23 bits per heavy atom. The van der Waals surface area contributed by atoms with Gasteiger partial charge in [-0.15, -0.1) is 0 Å². The van der Waals surface area contributed by atoms with Gasteiger partial charge in [0, 0.05) is 44.3 Å². The van der Waals surface area contributed by atoms with E-state index in [1.54, 1.807) is 0 Å². The van der Waals surface area contributed by atoms with Crippen LogP contribution in [0.3, 0.4) is 0 Å². The predicted octanol–water partition coefficient (Wildman–Crippen LogP) is 1.69. The van der Waals surface area contributed by atoms with Gasteiger partial charge >= 0.3 is 0 Å². The van der Waals surface area contributed by atoms with Gasteiger partial charge in [0.05, 0.1) is 13.2 Å². The van der Waals surface area contributed by atoms with Crippen LogP contribution in [0.2, 0.25) is 0 Å². The summed E-state index contributed by atoms with van der Waals surface area (Å²) in [6, 6.07) is 6.80. The van der Waals surface area contributed by atoms with Crippen LogP contribution in [-0.2, 0) is 6.54 Å². The van der Waals surface area contributed by atoms with Crippen LogP contribution in [0.15, 0.2) is 23.2 Å². The number of aryl methyl sites for hydroxylation is 1. The molecule has 1 heterocycles. The van der Waals surface area contributed by atoms with Crippen molar-refractivity contribution in [1.29, 1.82) is 0 Å². The van der Waals surface area contributed by atoms with E-state index >= 15 is 0 Å². The molecule has 146 valence electrons. The van der Waals surface area contributed by atoms with Crippen LogP contribution in [0, 0.1) is 6.92 Å². The molecule has 1 unspecified atom stereocenters. The van der Waals surface area contributed by atoms with Crippen LogP contribution in [0.25, 0.3) is 0 Å². The summed E-state index contributed by atoms with van der Waals surface area (Å²) in [4.78, 5) is 9.57. The maximum Gasteiger partial charge on any atom is 0.191 e. The molecule has 0 saturated carbocycles. The van der Waals surface area contributed by atoms with E-state index in [-0.39, 0.29) is 0 Å². The number of nitrogens with one attached hydrogen (secondary N) is 2. The molecule has 1 atom stereocenters. The Kier molecular flexibility index (Phi) is 8.19. The number of benzene rings is 1. The van der Waals surface area contributed by atoms with Gasteiger partial charge in [-0.1, -0.05) is 12.1 Å². The maximum absolute atomic E-state index is 5.77. The average Bonchev–Trinajstić information content (AvgIpc) is 2.61. The monoisotopic (exact) mass is 361 g/mol. The first kappa shape index (κ1) is 20.5. The van der Waals surface area contributed by atoms with Crippen LogP contribution in [0.1, 0.15) is 25.0 Å². The number of guanidine groups is 1. The summed E-state index contributed by atoms with van der Waals surface area (Å²) in [6.07, 6.45) is 0. The molecule has 2 N–H and O–H groups in total. The van der Waals surface area contributed by atoms with Gasteiger partial charge < -0.3 is 20.3 Å². The van der Waals surface area contributed by atoms with Crippen molar-refractivity contribution in [2.75, 3.05) is 53.4 Å². The van der Waals surface area contributed by atoms with Crippen molar-refractivity contribution in [1.82, 2.24) is 20.4 Å². The summed E-state index contributed by atoms with van der Waals surface area (Å²) in [5.74, 6) is 1.79. The van der Waals surface area contributed by atoms with Gasteiger partial charge in [-0.2, -0.15) is 0 Å². The summed E-state index contributed by atoms with van der Waals surface area (Å²) in [5.41, 5.74) is 2.32. The molecule has 6 nitrogen and oxygen atoms in total. The second kappa shape index (κ2) is 10.4. The minimum absolute atomic E-state index is 0.496. The number of piperazine rings is 1. The Bertz CT molecular complexity index is 590. The lowest BCUT2D eigenvalue weighted by molar-refractivity contribution is 0.116. The maximum atomic E-state index is 5.77. The van der Waals surface area contributed by atoms with Crippen molar-refractivity contribution < 1.29 is 4.74 Å². The number of likely N-dealkylation sites (N-methyl/N-ethyl adjacent to an activating group) is 2. The third-order valence-electron chi connectivity index (χ3n) is 4.76. The van der Waals surface area contributed by atoms with E-state index in [0.717, 1.165) is 50.0 Å². The second-order valence-electron chi connectivity index (χ2n) is 7.02. The van der Waals surface area contributed by atoms with E-state index in [2.05, 4.69) is 66.6 Å². The van der Waals surface area contributed by atoms with Gasteiger partial charge in [0.15, 0.2) is 5.96 Å². The highest BCUT2D eigenvalue weighted by Gasteiger charge is 2.22. The molecule has 6 heteroatoms. The lowest BCUT2D eigenvalue weighted by atomic mass is 10.1. The number of aliphatic imine (C=N–C) groups is 1. The molecule has 0 radical (unpaired) electrons. The molecule has 1 aliphatic rings. The number of hydrogen-bond donors (Lipinski definition) is 2. The molecule has 26 heavy (non-hydrogen) atoms. The van der Waals surface area contributed by atoms with Crippen molar-refractivity contribution in [2.24, 2.45) is 4.99 Å². The minimum Gasteiger partial charge on any atom is -0.494 e. The Morgan fingerprint density at radius 3 is 2.77 bits per heavy atom. The number of hydrogen-bond acceptors (Lipinski definition) is 4. The molecule has 0 aliphatic carbocycles. The van der Waals surface area contributed by atoms with E-state index in [1.807, 2.05) is 6.92 Å². The zero-order valence-corrected chi connectivity index (χ0v) is 17.0. The normalized spacial score (nSPS) is 19.4. The molecule has 0 bridgehead atoms. The number of nitrogens with zero attached hydrogens (tertiary/aromatic N) is 3. The lowest BCUT2D eigenvalue weighted by Gasteiger charge is -2.37. The highest BCUT2D eigenvalue weighted by molar-refractivity contribution is 5.79. The molecule has 2 rings (SSSR count). The highest BCUT2D eigenvalue weighted by Crippen LogP contribution is 2.21. The Labute approximate surface area is 158 Å². The first-order valence-corrected chi connectivity index (χ1v) is 9.66. The van der Waals surface area contributed by atoms with Gasteiger partial charge in [-0.3, -0.25) is 4.90 Å². The molecule has 1 aliphatic heterocycles. The van der Waals surface area contributed by atoms with E-state index in [4.69, 9.17) is 9.73 Å². The zero-order chi connectivity index (χ0) is 18.9. The highest BCUT2D eigenvalue weighted by atomic mass is 16.5. The first-order chi connectivity index (χ1) is 12.5. The summed E-state index contributed by atoms with van der Waals surface area (Å²) >= 11 is 0. The molecule has 1 aromatic rings. The SMILES string of the molecule is CCNC(=NCc1ccc(C)cc1OCC)NCC1CN(C)CCN1C. The van der Waals surface area contributed by atoms with Crippen LogP contribution < -0.4 is 15.4 Å². The second-order valence-corrected chi connectivity index (χ2v) is 7.02. The number of ether oxygens (including phenoxy) is 1. The molecule has 1 aromatic carbocycles. The summed E-state index contributed by atoms with van der Waals surface area (Å²) in [7, 11) is 4.38. The topological polar surface area (TPSA) is 52.1 Å². The smallest absolute Gasteiger partial charge is 0.191 e. The van der Waals surface area contributed by atoms with E-state index in [0.29, 0.717) is 19.2 Å². The fourth-order valence-corrected chi connectivity index (χ4v) is 3.12. The summed E-state index contributed by atoms with van der Waals surface area (Å²) in [6.45, 7) is 12.5. The van der Waals surface area contributed by atoms with Gasteiger partial charge in [-0.25, -0.2) is 4.99 Å². The van der Waals surface area contributed by atoms with Crippen LogP contribution in [-0.4, -0.2) is 75.2 Å². The van der Waals surface area contributed by atoms with Crippen LogP contribution >= 0.6 is 0 Å². The molecule has 0 amide bonds. The van der Waals surface area contributed by atoms with Gasteiger partial charge in [0.1, 0.15) is 5.75 Å². The van der Waals surface area contributed by atoms with Crippen LogP contribution in [0.5, 0.6) is 5.75 Å². The average molecular weight is 362 g/mol. The fourth-order valence-electron chi connectivity index (χ4n) is 3.12. The van der Waals surface area contributed by atoms with Crippen molar-refractivity contribution in [3.8, 4) is 5.75 Å². The van der Waals surface area contributed by atoms with Crippen molar-refractivity contribution >= 4 is 5.96 Å². The third kappa shape index (κ3) is 6.18. The standard InChI is InChI=1S/C20H35N5O/c1-6-21-20(23-14-18-15-24(4)10-11-25(18)5)22-13-17-9-8-16(3)12-19(17)26-7-2/h8-9,12,18H,6-7,10-11,13-15H2,1-5H3,(H2,21,22,23). The van der Waals surface area contributed by atoms with Crippen molar-refractivity contribution in [2.45, 2.75) is 33.4 Å². The van der Waals surface area contributed by atoms with Crippen molar-refractivity contribution in [3.05, 3.63) is 29.3 Å². The van der Waals surface area contributed by atoms with Crippen LogP contribution in [0.4, 0.5) is 0 Å². The fraction of sp³-hybridized carbons (Fsp3) is 0.650. The minimum atomic E-state index is 0.496. The summed E-state index contributed by atoms with van der Waals surface area (Å²) in [5, 5.41) is 6.85. The molecule has 0 spiro atoms. The van der Waals surface area contributed by atoms with Gasteiger partial charge in [-0.05, 0) is 46.5 Å². The Hall–Kier alpha value is -1.79. The molecule has 1 fully saturated rings.